The van der Waals surface area contributed by atoms with Crippen molar-refractivity contribution in [1.29, 1.82) is 0 Å². The monoisotopic (exact) mass is 391 g/mol. The number of pyridine rings is 1. The second-order valence-electron chi connectivity index (χ2n) is 3.44. The maximum Gasteiger partial charge on any atom is 0.298 e. The average molecular weight is 393 g/mol. The van der Waals surface area contributed by atoms with E-state index in [-0.39, 0.29) is 25.5 Å². The molecule has 0 aliphatic heterocycles. The van der Waals surface area contributed by atoms with E-state index in [0.717, 1.165) is 0 Å². The lowest BCUT2D eigenvalue weighted by molar-refractivity contribution is -0.386. The molecule has 0 saturated heterocycles. The number of rotatable bonds is 2. The predicted molar refractivity (Wildman–Crippen MR) is 73.7 cm³/mol. The van der Waals surface area contributed by atoms with Gasteiger partial charge in [0.25, 0.3) is 11.2 Å². The third kappa shape index (κ3) is 2.02. The largest absolute Gasteiger partial charge is 0.501 e. The number of nitrogens with one attached hydrogen (secondary N) is 1. The number of hydrogen-bond donors (Lipinski definition) is 2. The lowest BCUT2D eigenvalue weighted by Crippen LogP contribution is -2.06. The number of nitro groups is 1. The number of aromatic nitrogens is 1. The standard InChI is InChI=1S/C9H3Br2N3O5/c10-2-1-3-4(5(11)7(2)14(18)19)6(13-17)8(15)9(16)12-3/h1,15H,(H,12,16). The van der Waals surface area contributed by atoms with Gasteiger partial charge in [-0.2, -0.15) is 0 Å². The van der Waals surface area contributed by atoms with Crippen LogP contribution in [0.1, 0.15) is 0 Å². The van der Waals surface area contributed by atoms with Gasteiger partial charge in [0.15, 0.2) is 5.69 Å². The van der Waals surface area contributed by atoms with Crippen LogP contribution in [0.25, 0.3) is 10.9 Å². The number of H-pyrrole nitrogens is 1. The highest BCUT2D eigenvalue weighted by Gasteiger charge is 2.25. The van der Waals surface area contributed by atoms with E-state index in [1.807, 2.05) is 0 Å². The van der Waals surface area contributed by atoms with Crippen molar-refractivity contribution < 1.29 is 10.0 Å². The maximum atomic E-state index is 11.4. The van der Waals surface area contributed by atoms with Crippen molar-refractivity contribution in [3.8, 4) is 5.75 Å². The minimum Gasteiger partial charge on any atom is -0.501 e. The minimum absolute atomic E-state index is 0.0398. The maximum absolute atomic E-state index is 11.4. The zero-order valence-corrected chi connectivity index (χ0v) is 12.0. The van der Waals surface area contributed by atoms with Gasteiger partial charge in [-0.15, -0.1) is 4.91 Å². The lowest BCUT2D eigenvalue weighted by atomic mass is 10.1. The normalized spacial score (nSPS) is 10.6. The van der Waals surface area contributed by atoms with Crippen LogP contribution in [0.2, 0.25) is 0 Å². The van der Waals surface area contributed by atoms with Gasteiger partial charge in [-0.25, -0.2) is 0 Å². The molecule has 0 saturated carbocycles. The van der Waals surface area contributed by atoms with E-state index in [1.165, 1.54) is 6.07 Å². The SMILES string of the molecule is O=Nc1c(O)c(=O)[nH]c2cc(Br)c([N+](=O)[O-])c(Br)c12. The summed E-state index contributed by atoms with van der Waals surface area (Å²) < 4.78 is 0.0399. The molecular weight excluding hydrogens is 390 g/mol. The topological polar surface area (TPSA) is 126 Å². The summed E-state index contributed by atoms with van der Waals surface area (Å²) in [4.78, 5) is 34.7. The van der Waals surface area contributed by atoms with E-state index >= 15 is 0 Å². The molecule has 2 N–H and O–H groups in total. The molecule has 1 heterocycles. The first kappa shape index (κ1) is 13.6. The van der Waals surface area contributed by atoms with Crippen molar-refractivity contribution in [2.24, 2.45) is 5.18 Å². The Hall–Kier alpha value is -1.81. The van der Waals surface area contributed by atoms with Crippen LogP contribution in [0.3, 0.4) is 0 Å². The van der Waals surface area contributed by atoms with Crippen LogP contribution in [-0.2, 0) is 0 Å². The molecule has 2 aromatic rings. The fourth-order valence-electron chi connectivity index (χ4n) is 1.60. The number of nitro benzene ring substituents is 1. The van der Waals surface area contributed by atoms with E-state index < -0.39 is 21.9 Å². The summed E-state index contributed by atoms with van der Waals surface area (Å²) in [6.45, 7) is 0. The zero-order chi connectivity index (χ0) is 14.3. The molecule has 0 spiro atoms. The van der Waals surface area contributed by atoms with Crippen molar-refractivity contribution in [3.63, 3.8) is 0 Å². The molecule has 1 aromatic carbocycles. The van der Waals surface area contributed by atoms with Crippen molar-refractivity contribution in [3.05, 3.63) is 40.4 Å². The van der Waals surface area contributed by atoms with Gasteiger partial charge in [0.1, 0.15) is 4.47 Å². The average Bonchev–Trinajstić information content (AvgIpc) is 2.31. The van der Waals surface area contributed by atoms with Crippen LogP contribution in [-0.4, -0.2) is 15.0 Å². The molecule has 0 aliphatic rings. The van der Waals surface area contributed by atoms with Gasteiger partial charge in [-0.05, 0) is 43.1 Å². The molecule has 0 atom stereocenters. The van der Waals surface area contributed by atoms with E-state index in [4.69, 9.17) is 0 Å². The fourth-order valence-corrected chi connectivity index (χ4v) is 3.20. The first-order valence-corrected chi connectivity index (χ1v) is 6.21. The number of nitrogens with zero attached hydrogens (tertiary/aromatic N) is 2. The lowest BCUT2D eigenvalue weighted by Gasteiger charge is -2.06. The van der Waals surface area contributed by atoms with Crippen molar-refractivity contribution in [1.82, 2.24) is 4.98 Å². The summed E-state index contributed by atoms with van der Waals surface area (Å²) in [5.74, 6) is -0.889. The van der Waals surface area contributed by atoms with Gasteiger partial charge in [0.05, 0.1) is 20.3 Å². The van der Waals surface area contributed by atoms with Gasteiger partial charge >= 0.3 is 0 Å². The number of nitroso groups, excluding NO2 is 1. The highest BCUT2D eigenvalue weighted by Crippen LogP contribution is 2.43. The van der Waals surface area contributed by atoms with Crippen molar-refractivity contribution in [2.75, 3.05) is 0 Å². The first-order chi connectivity index (χ1) is 8.88. The van der Waals surface area contributed by atoms with Crippen LogP contribution in [0.15, 0.2) is 25.0 Å². The number of aromatic amines is 1. The van der Waals surface area contributed by atoms with Crippen LogP contribution in [0.4, 0.5) is 11.4 Å². The third-order valence-electron chi connectivity index (χ3n) is 2.39. The number of halogens is 2. The molecule has 1 aromatic heterocycles. The van der Waals surface area contributed by atoms with Gasteiger partial charge in [-0.1, -0.05) is 0 Å². The Kier molecular flexibility index (Phi) is 3.37. The van der Waals surface area contributed by atoms with Crippen LogP contribution >= 0.6 is 31.9 Å². The van der Waals surface area contributed by atoms with Crippen LogP contribution in [0, 0.1) is 15.0 Å². The Morgan fingerprint density at radius 1 is 1.42 bits per heavy atom. The molecular formula is C9H3Br2N3O5. The number of hydrogen-bond acceptors (Lipinski definition) is 6. The van der Waals surface area contributed by atoms with Crippen molar-refractivity contribution >= 4 is 54.1 Å². The minimum atomic E-state index is -0.908. The highest BCUT2D eigenvalue weighted by molar-refractivity contribution is 9.11. The van der Waals surface area contributed by atoms with Crippen LogP contribution < -0.4 is 5.56 Å². The Morgan fingerprint density at radius 2 is 2.05 bits per heavy atom. The van der Waals surface area contributed by atoms with Crippen molar-refractivity contribution in [2.45, 2.75) is 0 Å². The molecule has 0 unspecified atom stereocenters. The Bertz CT molecular complexity index is 786. The van der Waals surface area contributed by atoms with Crippen LogP contribution in [0.5, 0.6) is 5.75 Å². The van der Waals surface area contributed by atoms with Gasteiger partial charge in [-0.3, -0.25) is 14.9 Å². The quantitative estimate of drug-likeness (QED) is 0.461. The summed E-state index contributed by atoms with van der Waals surface area (Å²) >= 11 is 5.97. The Balaban J connectivity index is 3.12. The molecule has 0 radical (unpaired) electrons. The number of benzene rings is 1. The summed E-state index contributed by atoms with van der Waals surface area (Å²) in [5.41, 5.74) is -1.68. The molecule has 19 heavy (non-hydrogen) atoms. The van der Waals surface area contributed by atoms with E-state index in [0.29, 0.717) is 0 Å². The van der Waals surface area contributed by atoms with Gasteiger partial charge in [0, 0.05) is 0 Å². The number of fused-ring (bicyclic) bond motifs is 1. The summed E-state index contributed by atoms with van der Waals surface area (Å²) in [7, 11) is 0. The summed E-state index contributed by atoms with van der Waals surface area (Å²) in [5, 5.41) is 22.9. The van der Waals surface area contributed by atoms with E-state index in [9.17, 15) is 24.9 Å². The molecule has 0 amide bonds. The molecule has 8 nitrogen and oxygen atoms in total. The molecule has 10 heteroatoms. The summed E-state index contributed by atoms with van der Waals surface area (Å²) in [6.07, 6.45) is 0. The zero-order valence-electron chi connectivity index (χ0n) is 8.81. The molecule has 98 valence electrons. The Morgan fingerprint density at radius 3 is 2.58 bits per heavy atom. The molecule has 0 aliphatic carbocycles. The van der Waals surface area contributed by atoms with E-state index in [2.05, 4.69) is 42.0 Å². The third-order valence-corrected chi connectivity index (χ3v) is 3.77. The molecule has 2 rings (SSSR count). The second-order valence-corrected chi connectivity index (χ2v) is 5.09. The smallest absolute Gasteiger partial charge is 0.298 e. The number of aromatic hydroxyl groups is 1. The first-order valence-electron chi connectivity index (χ1n) is 4.63. The predicted octanol–water partition coefficient (Wildman–Crippen LogP) is 3.06. The highest BCUT2D eigenvalue weighted by atomic mass is 79.9. The fraction of sp³-hybridized carbons (Fsp3) is 0. The Labute approximate surface area is 120 Å². The second kappa shape index (κ2) is 4.70. The van der Waals surface area contributed by atoms with Gasteiger partial charge in [0.2, 0.25) is 5.75 Å². The molecule has 0 bridgehead atoms. The van der Waals surface area contributed by atoms with E-state index in [1.54, 1.807) is 0 Å². The summed E-state index contributed by atoms with van der Waals surface area (Å²) in [6, 6.07) is 1.26. The van der Waals surface area contributed by atoms with Gasteiger partial charge < -0.3 is 10.1 Å². The molecule has 0 fully saturated rings.